The Labute approximate surface area is 113 Å². The summed E-state index contributed by atoms with van der Waals surface area (Å²) in [6.07, 6.45) is 4.45. The normalized spacial score (nSPS) is 19.8. The van der Waals surface area contributed by atoms with Crippen LogP contribution in [0.1, 0.15) is 12.8 Å². The third-order valence-electron chi connectivity index (χ3n) is 3.83. The van der Waals surface area contributed by atoms with Crippen LogP contribution in [0, 0.1) is 0 Å². The van der Waals surface area contributed by atoms with Crippen LogP contribution in [0.2, 0.25) is 0 Å². The Hall–Kier alpha value is -1.81. The maximum Gasteiger partial charge on any atom is 0.0951 e. The van der Waals surface area contributed by atoms with Crippen molar-refractivity contribution in [2.75, 3.05) is 30.8 Å². The average molecular weight is 257 g/mol. The number of rotatable bonds is 2. The summed E-state index contributed by atoms with van der Waals surface area (Å²) in [6.45, 7) is 2.00. The number of nitrogens with zero attached hydrogens (tertiary/aromatic N) is 2. The second-order valence-electron chi connectivity index (χ2n) is 5.02. The van der Waals surface area contributed by atoms with Crippen molar-refractivity contribution in [1.29, 1.82) is 0 Å². The summed E-state index contributed by atoms with van der Waals surface area (Å²) in [5, 5.41) is 1.12. The summed E-state index contributed by atoms with van der Waals surface area (Å²) in [6, 6.07) is 8.04. The van der Waals surface area contributed by atoms with Gasteiger partial charge in [0.1, 0.15) is 0 Å². The highest BCUT2D eigenvalue weighted by atomic mass is 16.5. The fourth-order valence-corrected chi connectivity index (χ4v) is 2.81. The van der Waals surface area contributed by atoms with Crippen molar-refractivity contribution in [2.24, 2.45) is 0 Å². The van der Waals surface area contributed by atoms with Crippen LogP contribution in [0.15, 0.2) is 30.5 Å². The van der Waals surface area contributed by atoms with E-state index >= 15 is 0 Å². The molecule has 1 aliphatic heterocycles. The molecule has 0 bridgehead atoms. The monoisotopic (exact) mass is 257 g/mol. The second-order valence-corrected chi connectivity index (χ2v) is 5.02. The molecule has 1 atom stereocenters. The highest BCUT2D eigenvalue weighted by Crippen LogP contribution is 2.30. The molecule has 1 saturated heterocycles. The Kier molecular flexibility index (Phi) is 3.25. The smallest absolute Gasteiger partial charge is 0.0951 e. The van der Waals surface area contributed by atoms with Gasteiger partial charge in [0.05, 0.1) is 17.3 Å². The fourth-order valence-electron chi connectivity index (χ4n) is 2.81. The van der Waals surface area contributed by atoms with Crippen molar-refractivity contribution in [3.05, 3.63) is 30.5 Å². The van der Waals surface area contributed by atoms with Crippen LogP contribution in [0.5, 0.6) is 0 Å². The van der Waals surface area contributed by atoms with Gasteiger partial charge in [-0.2, -0.15) is 0 Å². The van der Waals surface area contributed by atoms with E-state index < -0.39 is 0 Å². The largest absolute Gasteiger partial charge is 0.397 e. The van der Waals surface area contributed by atoms with Crippen molar-refractivity contribution < 1.29 is 4.74 Å². The third-order valence-corrected chi connectivity index (χ3v) is 3.83. The van der Waals surface area contributed by atoms with Crippen molar-refractivity contribution in [3.8, 4) is 0 Å². The van der Waals surface area contributed by atoms with Gasteiger partial charge in [-0.1, -0.05) is 12.1 Å². The maximum absolute atomic E-state index is 6.00. The van der Waals surface area contributed by atoms with Gasteiger partial charge >= 0.3 is 0 Å². The lowest BCUT2D eigenvalue weighted by atomic mass is 10.1. The Bertz CT molecular complexity index is 585. The summed E-state index contributed by atoms with van der Waals surface area (Å²) in [4.78, 5) is 6.77. The molecule has 0 radical (unpaired) electrons. The first-order valence-electron chi connectivity index (χ1n) is 6.70. The van der Waals surface area contributed by atoms with E-state index in [1.165, 1.54) is 5.69 Å². The predicted molar refractivity (Wildman–Crippen MR) is 78.4 cm³/mol. The number of aromatic nitrogens is 1. The van der Waals surface area contributed by atoms with Crippen LogP contribution < -0.4 is 10.6 Å². The molecule has 3 rings (SSSR count). The minimum Gasteiger partial charge on any atom is -0.397 e. The molecule has 1 aliphatic rings. The molecule has 0 saturated carbocycles. The van der Waals surface area contributed by atoms with Crippen LogP contribution in [0.3, 0.4) is 0 Å². The van der Waals surface area contributed by atoms with Crippen LogP contribution >= 0.6 is 0 Å². The Morgan fingerprint density at radius 2 is 2.26 bits per heavy atom. The van der Waals surface area contributed by atoms with Gasteiger partial charge in [-0.05, 0) is 25.0 Å². The highest BCUT2D eigenvalue weighted by molar-refractivity contribution is 5.98. The van der Waals surface area contributed by atoms with Gasteiger partial charge in [-0.15, -0.1) is 0 Å². The molecular formula is C15H19N3O. The van der Waals surface area contributed by atoms with E-state index in [1.807, 2.05) is 18.3 Å². The number of para-hydroxylation sites is 1. The summed E-state index contributed by atoms with van der Waals surface area (Å²) in [7, 11) is 1.79. The third kappa shape index (κ3) is 2.24. The SMILES string of the molecule is COC1CCCN(c2ccnc3c(N)cccc23)C1. The quantitative estimate of drug-likeness (QED) is 0.839. The zero-order valence-electron chi connectivity index (χ0n) is 11.2. The fraction of sp³-hybridized carbons (Fsp3) is 0.400. The van der Waals surface area contributed by atoms with E-state index in [-0.39, 0.29) is 0 Å². The van der Waals surface area contributed by atoms with Crippen LogP contribution in [0.25, 0.3) is 10.9 Å². The molecule has 1 aromatic heterocycles. The molecule has 2 heterocycles. The molecular weight excluding hydrogens is 238 g/mol. The molecule has 2 N–H and O–H groups in total. The number of anilines is 2. The van der Waals surface area contributed by atoms with Gasteiger partial charge in [0, 0.05) is 37.5 Å². The lowest BCUT2D eigenvalue weighted by molar-refractivity contribution is 0.0894. The summed E-state index contributed by atoms with van der Waals surface area (Å²) < 4.78 is 5.50. The number of fused-ring (bicyclic) bond motifs is 1. The zero-order valence-corrected chi connectivity index (χ0v) is 11.2. The standard InChI is InChI=1S/C15H19N3O/c1-19-11-4-3-9-18(10-11)14-7-8-17-15-12(14)5-2-6-13(15)16/h2,5-8,11H,3-4,9-10,16H2,1H3. The molecule has 1 aromatic carbocycles. The number of nitrogens with two attached hydrogens (primary N) is 1. The minimum absolute atomic E-state index is 0.318. The first-order valence-corrected chi connectivity index (χ1v) is 6.70. The van der Waals surface area contributed by atoms with Crippen LogP contribution in [0.4, 0.5) is 11.4 Å². The van der Waals surface area contributed by atoms with Gasteiger partial charge in [-0.25, -0.2) is 0 Å². The molecule has 4 nitrogen and oxygen atoms in total. The van der Waals surface area contributed by atoms with E-state index in [0.29, 0.717) is 6.10 Å². The predicted octanol–water partition coefficient (Wildman–Crippen LogP) is 2.43. The van der Waals surface area contributed by atoms with Crippen LogP contribution in [-0.2, 0) is 4.74 Å². The first kappa shape index (κ1) is 12.2. The van der Waals surface area contributed by atoms with Crippen LogP contribution in [-0.4, -0.2) is 31.3 Å². The van der Waals surface area contributed by atoms with E-state index in [9.17, 15) is 0 Å². The molecule has 0 amide bonds. The first-order chi connectivity index (χ1) is 9.29. The van der Waals surface area contributed by atoms with Crippen molar-refractivity contribution in [1.82, 2.24) is 4.98 Å². The van der Waals surface area contributed by atoms with E-state index in [0.717, 1.165) is 42.5 Å². The van der Waals surface area contributed by atoms with Gasteiger partial charge in [0.2, 0.25) is 0 Å². The zero-order chi connectivity index (χ0) is 13.2. The van der Waals surface area contributed by atoms with Gasteiger partial charge in [-0.3, -0.25) is 4.98 Å². The number of ether oxygens (including phenoxy) is 1. The van der Waals surface area contributed by atoms with Gasteiger partial charge < -0.3 is 15.4 Å². The Balaban J connectivity index is 2.03. The summed E-state index contributed by atoms with van der Waals surface area (Å²) >= 11 is 0. The molecule has 2 aromatic rings. The van der Waals surface area contributed by atoms with E-state index in [2.05, 4.69) is 22.0 Å². The highest BCUT2D eigenvalue weighted by Gasteiger charge is 2.21. The van der Waals surface area contributed by atoms with Crippen molar-refractivity contribution in [2.45, 2.75) is 18.9 Å². The Morgan fingerprint density at radius 3 is 3.11 bits per heavy atom. The minimum atomic E-state index is 0.318. The molecule has 100 valence electrons. The van der Waals surface area contributed by atoms with E-state index in [4.69, 9.17) is 10.5 Å². The van der Waals surface area contributed by atoms with Crippen molar-refractivity contribution >= 4 is 22.3 Å². The molecule has 1 unspecified atom stereocenters. The lowest BCUT2D eigenvalue weighted by Gasteiger charge is -2.34. The van der Waals surface area contributed by atoms with Gasteiger partial charge in [0.15, 0.2) is 0 Å². The number of piperidine rings is 1. The molecule has 1 fully saturated rings. The number of hydrogen-bond acceptors (Lipinski definition) is 4. The molecule has 4 heteroatoms. The molecule has 0 spiro atoms. The maximum atomic E-state index is 6.00. The average Bonchev–Trinajstić information content (AvgIpc) is 2.47. The summed E-state index contributed by atoms with van der Waals surface area (Å²) in [5.41, 5.74) is 8.83. The number of methoxy groups -OCH3 is 1. The lowest BCUT2D eigenvalue weighted by Crippen LogP contribution is -2.39. The number of benzene rings is 1. The number of pyridine rings is 1. The molecule has 0 aliphatic carbocycles. The Morgan fingerprint density at radius 1 is 1.37 bits per heavy atom. The second kappa shape index (κ2) is 5.05. The topological polar surface area (TPSA) is 51.4 Å². The molecule has 19 heavy (non-hydrogen) atoms. The number of nitrogen functional groups attached to an aromatic ring is 1. The van der Waals surface area contributed by atoms with Crippen molar-refractivity contribution in [3.63, 3.8) is 0 Å². The van der Waals surface area contributed by atoms with E-state index in [1.54, 1.807) is 7.11 Å². The number of hydrogen-bond donors (Lipinski definition) is 1. The van der Waals surface area contributed by atoms with Gasteiger partial charge in [0.25, 0.3) is 0 Å². The summed E-state index contributed by atoms with van der Waals surface area (Å²) in [5.74, 6) is 0.